The van der Waals surface area contributed by atoms with E-state index in [-0.39, 0.29) is 30.0 Å². The number of carboxylic acid groups (broad SMARTS) is 1. The van der Waals surface area contributed by atoms with Gasteiger partial charge in [0.2, 0.25) is 0 Å². The predicted molar refractivity (Wildman–Crippen MR) is 83.3 cm³/mol. The van der Waals surface area contributed by atoms with Crippen molar-refractivity contribution in [2.24, 2.45) is 28.6 Å². The zero-order valence-corrected chi connectivity index (χ0v) is 14.2. The molecular weight excluding hydrogens is 324 g/mol. The summed E-state index contributed by atoms with van der Waals surface area (Å²) in [5, 5.41) is 21.2. The Morgan fingerprint density at radius 3 is 2.88 bits per heavy atom. The van der Waals surface area contributed by atoms with Crippen molar-refractivity contribution in [3.8, 4) is 0 Å². The standard InChI is InChI=1S/C19H22O6/c1-8-5-17-7-18(8,23)4-3-10(17)19-6-9-13(24-9)16(2,15(22)25-19)12(19)11(17)14(20)21/h9-13,23H,1,3-7H2,2H3,(H,20,21)/t9-,10+,11+,12+,13-,16?,17-,18-,19+/m0/s1. The Morgan fingerprint density at radius 2 is 2.16 bits per heavy atom. The first-order valence-electron chi connectivity index (χ1n) is 9.21. The molecule has 6 nitrogen and oxygen atoms in total. The number of carbonyl (C=O) groups excluding carboxylic acids is 1. The molecule has 25 heavy (non-hydrogen) atoms. The molecule has 2 aliphatic heterocycles. The summed E-state index contributed by atoms with van der Waals surface area (Å²) in [5.74, 6) is -2.29. The third-order valence-electron chi connectivity index (χ3n) is 8.76. The fourth-order valence-electron chi connectivity index (χ4n) is 8.00. The maximum absolute atomic E-state index is 12.8. The fourth-order valence-corrected chi connectivity index (χ4v) is 8.00. The number of fused-ring (bicyclic) bond motifs is 3. The SMILES string of the molecule is C=C1C[C@]23C[C@@]1(O)CC[C@H]2[C@@]12C[C@@H]4O[C@@H]4C(C)(C(=O)O1)[C@H]2[C@@H]3C(=O)O. The normalized spacial score (nSPS) is 62.9. The lowest BCUT2D eigenvalue weighted by molar-refractivity contribution is -0.165. The van der Waals surface area contributed by atoms with Gasteiger partial charge in [-0.15, -0.1) is 0 Å². The Labute approximate surface area is 145 Å². The van der Waals surface area contributed by atoms with Crippen LogP contribution in [0.4, 0.5) is 0 Å². The van der Waals surface area contributed by atoms with Crippen LogP contribution in [0.1, 0.15) is 39.0 Å². The number of hydrogen-bond donors (Lipinski definition) is 2. The molecule has 0 radical (unpaired) electrons. The molecule has 0 aromatic rings. The van der Waals surface area contributed by atoms with Crippen LogP contribution in [0.2, 0.25) is 0 Å². The number of ether oxygens (including phenoxy) is 2. The molecule has 1 spiro atoms. The number of esters is 1. The Bertz CT molecular complexity index is 776. The summed E-state index contributed by atoms with van der Waals surface area (Å²) in [6.45, 7) is 5.91. The minimum absolute atomic E-state index is 0.00251. The van der Waals surface area contributed by atoms with Crippen molar-refractivity contribution in [3.63, 3.8) is 0 Å². The first-order valence-corrected chi connectivity index (χ1v) is 9.21. The highest BCUT2D eigenvalue weighted by Crippen LogP contribution is 2.80. The second kappa shape index (κ2) is 3.67. The van der Waals surface area contributed by atoms with Crippen LogP contribution in [0.15, 0.2) is 12.2 Å². The van der Waals surface area contributed by atoms with Gasteiger partial charge in [-0.05, 0) is 43.6 Å². The summed E-state index contributed by atoms with van der Waals surface area (Å²) >= 11 is 0. The van der Waals surface area contributed by atoms with Crippen LogP contribution in [0.3, 0.4) is 0 Å². The number of rotatable bonds is 1. The minimum Gasteiger partial charge on any atom is -0.481 e. The van der Waals surface area contributed by atoms with Crippen LogP contribution in [0.25, 0.3) is 0 Å². The molecule has 9 atom stereocenters. The fraction of sp³-hybridized carbons (Fsp3) is 0.789. The van der Waals surface area contributed by atoms with Crippen LogP contribution in [0.5, 0.6) is 0 Å². The highest BCUT2D eigenvalue weighted by atomic mass is 16.6. The van der Waals surface area contributed by atoms with Gasteiger partial charge in [0.25, 0.3) is 0 Å². The Hall–Kier alpha value is -1.40. The van der Waals surface area contributed by atoms with E-state index in [0.29, 0.717) is 32.1 Å². The Kier molecular flexibility index (Phi) is 2.16. The van der Waals surface area contributed by atoms with E-state index < -0.39 is 33.9 Å². The van der Waals surface area contributed by atoms with Gasteiger partial charge in [0.15, 0.2) is 0 Å². The van der Waals surface area contributed by atoms with Crippen molar-refractivity contribution in [2.75, 3.05) is 0 Å². The van der Waals surface area contributed by atoms with Crippen molar-refractivity contribution in [1.29, 1.82) is 0 Å². The summed E-state index contributed by atoms with van der Waals surface area (Å²) in [6.07, 6.45) is 2.59. The van der Waals surface area contributed by atoms with Gasteiger partial charge in [-0.1, -0.05) is 6.58 Å². The number of hydrogen-bond acceptors (Lipinski definition) is 5. The maximum Gasteiger partial charge on any atom is 0.315 e. The quantitative estimate of drug-likeness (QED) is 0.422. The Balaban J connectivity index is 1.61. The van der Waals surface area contributed by atoms with Crippen molar-refractivity contribution < 1.29 is 29.3 Å². The van der Waals surface area contributed by atoms with E-state index in [1.807, 2.05) is 6.92 Å². The molecule has 6 rings (SSSR count). The summed E-state index contributed by atoms with van der Waals surface area (Å²) in [4.78, 5) is 25.3. The first kappa shape index (κ1) is 14.7. The van der Waals surface area contributed by atoms with Crippen LogP contribution >= 0.6 is 0 Å². The molecule has 2 N–H and O–H groups in total. The average Bonchev–Trinajstić information content (AvgIpc) is 3.16. The maximum atomic E-state index is 12.8. The van der Waals surface area contributed by atoms with Gasteiger partial charge >= 0.3 is 11.9 Å². The molecule has 0 aromatic heterocycles. The van der Waals surface area contributed by atoms with E-state index in [0.717, 1.165) is 5.57 Å². The molecule has 6 fully saturated rings. The monoisotopic (exact) mass is 346 g/mol. The van der Waals surface area contributed by atoms with E-state index in [2.05, 4.69) is 6.58 Å². The van der Waals surface area contributed by atoms with Gasteiger partial charge in [0, 0.05) is 18.3 Å². The second-order valence-corrected chi connectivity index (χ2v) is 9.53. The van der Waals surface area contributed by atoms with Crippen LogP contribution in [-0.2, 0) is 19.1 Å². The zero-order chi connectivity index (χ0) is 17.6. The molecule has 1 unspecified atom stereocenters. The number of carboxylic acids is 1. The van der Waals surface area contributed by atoms with E-state index >= 15 is 0 Å². The van der Waals surface area contributed by atoms with Crippen LogP contribution in [-0.4, -0.2) is 45.6 Å². The lowest BCUT2D eigenvalue weighted by Crippen LogP contribution is -2.50. The smallest absolute Gasteiger partial charge is 0.315 e. The largest absolute Gasteiger partial charge is 0.481 e. The summed E-state index contributed by atoms with van der Waals surface area (Å²) in [7, 11) is 0. The minimum atomic E-state index is -0.960. The van der Waals surface area contributed by atoms with E-state index in [1.54, 1.807) is 0 Å². The van der Waals surface area contributed by atoms with Gasteiger partial charge in [-0.25, -0.2) is 0 Å². The van der Waals surface area contributed by atoms with Crippen molar-refractivity contribution in [3.05, 3.63) is 12.2 Å². The third kappa shape index (κ3) is 1.25. The zero-order valence-electron chi connectivity index (χ0n) is 14.2. The van der Waals surface area contributed by atoms with Crippen LogP contribution in [0, 0.1) is 28.6 Å². The molecule has 2 saturated heterocycles. The van der Waals surface area contributed by atoms with Crippen molar-refractivity contribution in [2.45, 2.75) is 62.4 Å². The highest BCUT2D eigenvalue weighted by Gasteiger charge is 2.88. The lowest BCUT2D eigenvalue weighted by Gasteiger charge is -2.45. The summed E-state index contributed by atoms with van der Waals surface area (Å²) in [6, 6.07) is 0. The lowest BCUT2D eigenvalue weighted by atomic mass is 9.60. The molecule has 6 aliphatic rings. The van der Waals surface area contributed by atoms with Gasteiger partial charge in [0.05, 0.1) is 17.6 Å². The van der Waals surface area contributed by atoms with E-state index in [4.69, 9.17) is 9.47 Å². The molecule has 0 amide bonds. The molecular formula is C19H22O6. The molecule has 2 heterocycles. The van der Waals surface area contributed by atoms with Gasteiger partial charge in [-0.3, -0.25) is 9.59 Å². The number of aliphatic carboxylic acids is 1. The van der Waals surface area contributed by atoms with Crippen molar-refractivity contribution >= 4 is 11.9 Å². The molecule has 4 aliphatic carbocycles. The predicted octanol–water partition coefficient (Wildman–Crippen LogP) is 1.27. The molecule has 4 bridgehead atoms. The number of aliphatic hydroxyl groups is 1. The molecule has 0 aromatic carbocycles. The number of carbonyl (C=O) groups is 2. The topological polar surface area (TPSA) is 96.4 Å². The highest BCUT2D eigenvalue weighted by molar-refractivity contribution is 5.86. The first-order chi connectivity index (χ1) is 11.7. The third-order valence-corrected chi connectivity index (χ3v) is 8.76. The van der Waals surface area contributed by atoms with E-state index in [9.17, 15) is 19.8 Å². The molecule has 134 valence electrons. The van der Waals surface area contributed by atoms with E-state index in [1.165, 1.54) is 0 Å². The van der Waals surface area contributed by atoms with Crippen LogP contribution < -0.4 is 0 Å². The number of epoxide rings is 1. The van der Waals surface area contributed by atoms with Gasteiger partial charge in [-0.2, -0.15) is 0 Å². The summed E-state index contributed by atoms with van der Waals surface area (Å²) in [5.41, 5.74) is -2.40. The summed E-state index contributed by atoms with van der Waals surface area (Å²) < 4.78 is 11.9. The Morgan fingerprint density at radius 1 is 1.40 bits per heavy atom. The van der Waals surface area contributed by atoms with Crippen molar-refractivity contribution in [1.82, 2.24) is 0 Å². The molecule has 4 saturated carbocycles. The second-order valence-electron chi connectivity index (χ2n) is 9.53. The average molecular weight is 346 g/mol. The van der Waals surface area contributed by atoms with Gasteiger partial charge in [0.1, 0.15) is 17.1 Å². The van der Waals surface area contributed by atoms with Gasteiger partial charge < -0.3 is 19.7 Å². The molecule has 6 heteroatoms.